The van der Waals surface area contributed by atoms with Crippen LogP contribution >= 0.6 is 0 Å². The van der Waals surface area contributed by atoms with Crippen LogP contribution in [-0.4, -0.2) is 25.5 Å². The maximum atomic E-state index is 10.6. The number of esters is 1. The average molecular weight is 324 g/mol. The summed E-state index contributed by atoms with van der Waals surface area (Å²) >= 11 is 0. The van der Waals surface area contributed by atoms with E-state index in [-0.39, 0.29) is 12.3 Å². The van der Waals surface area contributed by atoms with Gasteiger partial charge in [-0.15, -0.1) is 0 Å². The molecule has 0 amide bonds. The third-order valence-corrected chi connectivity index (χ3v) is 3.05. The van der Waals surface area contributed by atoms with Crippen molar-refractivity contribution in [2.24, 2.45) is 0 Å². The molecule has 0 saturated heterocycles. The maximum absolute atomic E-state index is 10.6. The van der Waals surface area contributed by atoms with Crippen LogP contribution in [0.4, 0.5) is 0 Å². The largest absolute Gasteiger partial charge is 0.466 e. The molecule has 23 heavy (non-hydrogen) atoms. The molecule has 1 unspecified atom stereocenters. The Hall–Kier alpha value is -1.55. The van der Waals surface area contributed by atoms with Crippen molar-refractivity contribution in [3.05, 3.63) is 29.8 Å². The van der Waals surface area contributed by atoms with Crippen LogP contribution in [0.1, 0.15) is 65.9 Å². The lowest BCUT2D eigenvalue weighted by atomic mass is 10.0. The molecule has 1 rings (SSSR count). The SMILES string of the molecule is CC.CC(=O)OCCCCOC(C)Oc1ccc(C(C)C)cc1. The fraction of sp³-hybridized carbons (Fsp3) is 0.632. The minimum Gasteiger partial charge on any atom is -0.466 e. The van der Waals surface area contributed by atoms with Crippen molar-refractivity contribution in [1.82, 2.24) is 0 Å². The molecule has 0 aromatic heterocycles. The van der Waals surface area contributed by atoms with E-state index >= 15 is 0 Å². The topological polar surface area (TPSA) is 44.8 Å². The van der Waals surface area contributed by atoms with Gasteiger partial charge in [-0.05, 0) is 43.4 Å². The third kappa shape index (κ3) is 10.7. The van der Waals surface area contributed by atoms with E-state index in [1.165, 1.54) is 12.5 Å². The van der Waals surface area contributed by atoms with Gasteiger partial charge in [-0.2, -0.15) is 0 Å². The predicted octanol–water partition coefficient (Wildman–Crippen LogP) is 4.92. The Balaban J connectivity index is 0.00000232. The molecule has 0 aliphatic carbocycles. The molecule has 4 heteroatoms. The first-order valence-corrected chi connectivity index (χ1v) is 8.50. The second-order valence-electron chi connectivity index (χ2n) is 5.33. The number of carbonyl (C=O) groups is 1. The van der Waals surface area contributed by atoms with Gasteiger partial charge in [0.05, 0.1) is 13.2 Å². The molecule has 0 aliphatic heterocycles. The first kappa shape index (κ1) is 21.4. The van der Waals surface area contributed by atoms with E-state index in [0.29, 0.717) is 19.1 Å². The number of carbonyl (C=O) groups excluding carboxylic acids is 1. The fourth-order valence-corrected chi connectivity index (χ4v) is 1.83. The van der Waals surface area contributed by atoms with Crippen molar-refractivity contribution >= 4 is 5.97 Å². The Morgan fingerprint density at radius 1 is 1.00 bits per heavy atom. The highest BCUT2D eigenvalue weighted by Gasteiger charge is 2.05. The number of hydrogen-bond donors (Lipinski definition) is 0. The molecule has 0 aliphatic rings. The predicted molar refractivity (Wildman–Crippen MR) is 93.8 cm³/mol. The van der Waals surface area contributed by atoms with Crippen LogP contribution < -0.4 is 4.74 Å². The lowest BCUT2D eigenvalue weighted by Crippen LogP contribution is -2.17. The molecule has 0 saturated carbocycles. The summed E-state index contributed by atoms with van der Waals surface area (Å²) in [5.41, 5.74) is 1.29. The fourth-order valence-electron chi connectivity index (χ4n) is 1.83. The molecule has 132 valence electrons. The van der Waals surface area contributed by atoms with Crippen LogP contribution in [0, 0.1) is 0 Å². The zero-order valence-corrected chi connectivity index (χ0v) is 15.4. The van der Waals surface area contributed by atoms with Crippen molar-refractivity contribution in [1.29, 1.82) is 0 Å². The molecule has 0 fully saturated rings. The Bertz CT molecular complexity index is 412. The van der Waals surface area contributed by atoms with E-state index in [0.717, 1.165) is 18.6 Å². The van der Waals surface area contributed by atoms with Crippen LogP contribution in [-0.2, 0) is 14.3 Å². The van der Waals surface area contributed by atoms with Crippen LogP contribution in [0.15, 0.2) is 24.3 Å². The Kier molecular flexibility index (Phi) is 12.1. The summed E-state index contributed by atoms with van der Waals surface area (Å²) in [6.07, 6.45) is 1.35. The standard InChI is InChI=1S/C17H26O4.C2H6/c1-13(2)16-7-9-17(10-8-16)21-15(4)20-12-6-5-11-19-14(3)18;1-2/h7-10,13,15H,5-6,11-12H2,1-4H3;1-2H3. The van der Waals surface area contributed by atoms with E-state index in [1.54, 1.807) is 0 Å². The van der Waals surface area contributed by atoms with Crippen LogP contribution in [0.3, 0.4) is 0 Å². The molecular formula is C19H32O4. The molecule has 1 atom stereocenters. The highest BCUT2D eigenvalue weighted by molar-refractivity contribution is 5.65. The minimum absolute atomic E-state index is 0.238. The van der Waals surface area contributed by atoms with Crippen LogP contribution in [0.2, 0.25) is 0 Å². The van der Waals surface area contributed by atoms with Crippen molar-refractivity contribution in [2.45, 2.75) is 66.6 Å². The van der Waals surface area contributed by atoms with Gasteiger partial charge in [0.2, 0.25) is 0 Å². The molecule has 0 N–H and O–H groups in total. The molecule has 4 nitrogen and oxygen atoms in total. The van der Waals surface area contributed by atoms with Gasteiger partial charge >= 0.3 is 5.97 Å². The van der Waals surface area contributed by atoms with E-state index in [2.05, 4.69) is 26.0 Å². The number of hydrogen-bond acceptors (Lipinski definition) is 4. The van der Waals surface area contributed by atoms with E-state index in [1.807, 2.05) is 32.9 Å². The van der Waals surface area contributed by atoms with Crippen molar-refractivity contribution in [3.63, 3.8) is 0 Å². The first-order valence-electron chi connectivity index (χ1n) is 8.50. The van der Waals surface area contributed by atoms with E-state index in [9.17, 15) is 4.79 Å². The third-order valence-electron chi connectivity index (χ3n) is 3.05. The summed E-state index contributed by atoms with van der Waals surface area (Å²) < 4.78 is 16.1. The van der Waals surface area contributed by atoms with Gasteiger partial charge in [0.15, 0.2) is 6.29 Å². The Morgan fingerprint density at radius 2 is 1.57 bits per heavy atom. The molecular weight excluding hydrogens is 292 g/mol. The first-order chi connectivity index (χ1) is 11.0. The van der Waals surface area contributed by atoms with Gasteiger partial charge < -0.3 is 14.2 Å². The van der Waals surface area contributed by atoms with Gasteiger partial charge in [-0.3, -0.25) is 4.79 Å². The van der Waals surface area contributed by atoms with Gasteiger partial charge in [0, 0.05) is 6.92 Å². The maximum Gasteiger partial charge on any atom is 0.302 e. The highest BCUT2D eigenvalue weighted by Crippen LogP contribution is 2.19. The number of ether oxygens (including phenoxy) is 3. The molecule has 0 radical (unpaired) electrons. The lowest BCUT2D eigenvalue weighted by Gasteiger charge is -2.16. The average Bonchev–Trinajstić information content (AvgIpc) is 2.53. The van der Waals surface area contributed by atoms with Crippen LogP contribution in [0.5, 0.6) is 5.75 Å². The number of benzene rings is 1. The highest BCUT2D eigenvalue weighted by atomic mass is 16.7. The molecule has 1 aromatic carbocycles. The summed E-state index contributed by atoms with van der Waals surface area (Å²) in [6, 6.07) is 8.09. The van der Waals surface area contributed by atoms with E-state index < -0.39 is 0 Å². The van der Waals surface area contributed by atoms with Crippen LogP contribution in [0.25, 0.3) is 0 Å². The quantitative estimate of drug-likeness (QED) is 0.367. The second-order valence-corrected chi connectivity index (χ2v) is 5.33. The summed E-state index contributed by atoms with van der Waals surface area (Å²) in [5, 5.41) is 0. The monoisotopic (exact) mass is 324 g/mol. The van der Waals surface area contributed by atoms with Gasteiger partial charge in [-0.25, -0.2) is 0 Å². The van der Waals surface area contributed by atoms with Crippen molar-refractivity contribution < 1.29 is 19.0 Å². The van der Waals surface area contributed by atoms with Gasteiger partial charge in [-0.1, -0.05) is 39.8 Å². The molecule has 0 bridgehead atoms. The molecule has 1 aromatic rings. The smallest absolute Gasteiger partial charge is 0.302 e. The lowest BCUT2D eigenvalue weighted by molar-refractivity contribution is -0.141. The minimum atomic E-state index is -0.288. The normalized spacial score (nSPS) is 11.4. The summed E-state index contributed by atoms with van der Waals surface area (Å²) in [6.45, 7) is 12.7. The zero-order chi connectivity index (χ0) is 17.7. The summed E-state index contributed by atoms with van der Waals surface area (Å²) in [7, 11) is 0. The second kappa shape index (κ2) is 12.9. The Morgan fingerprint density at radius 3 is 2.09 bits per heavy atom. The van der Waals surface area contributed by atoms with E-state index in [4.69, 9.17) is 14.2 Å². The van der Waals surface area contributed by atoms with Crippen molar-refractivity contribution in [2.75, 3.05) is 13.2 Å². The zero-order valence-electron chi connectivity index (χ0n) is 15.4. The summed E-state index contributed by atoms with van der Waals surface area (Å²) in [5.74, 6) is 1.09. The van der Waals surface area contributed by atoms with Gasteiger partial charge in [0.1, 0.15) is 5.75 Å². The van der Waals surface area contributed by atoms with Gasteiger partial charge in [0.25, 0.3) is 0 Å². The number of rotatable bonds is 9. The van der Waals surface area contributed by atoms with Crippen molar-refractivity contribution in [3.8, 4) is 5.75 Å². The molecule has 0 heterocycles. The number of unbranched alkanes of at least 4 members (excludes halogenated alkanes) is 1. The Labute approximate surface area is 141 Å². The molecule has 0 spiro atoms. The summed E-state index contributed by atoms with van der Waals surface area (Å²) in [4.78, 5) is 10.6.